The molecule has 0 amide bonds. The number of aliphatic imine (C=N–C) groups is 1. The first-order chi connectivity index (χ1) is 7.34. The molecule has 0 atom stereocenters. The molecule has 0 aliphatic carbocycles. The van der Waals surface area contributed by atoms with Gasteiger partial charge in [0.05, 0.1) is 12.1 Å². The van der Waals surface area contributed by atoms with Crippen LogP contribution in [0.1, 0.15) is 5.56 Å². The Labute approximate surface area is 85.6 Å². The minimum atomic E-state index is -0.248. The highest BCUT2D eigenvalue weighted by molar-refractivity contribution is 6.07. The van der Waals surface area contributed by atoms with Crippen molar-refractivity contribution in [3.05, 3.63) is 35.8 Å². The topological polar surface area (TPSA) is 37.4 Å². The van der Waals surface area contributed by atoms with Gasteiger partial charge >= 0.3 is 0 Å². The second kappa shape index (κ2) is 3.08. The molecule has 0 saturated heterocycles. The Morgan fingerprint density at radius 3 is 3.13 bits per heavy atom. The Bertz CT molecular complexity index is 545. The molecule has 3 rings (SSSR count). The smallest absolute Gasteiger partial charge is 0.218 e. The summed E-state index contributed by atoms with van der Waals surface area (Å²) in [6, 6.07) is 4.63. The number of hydrogen-bond donors (Lipinski definition) is 1. The first-order valence-corrected chi connectivity index (χ1v) is 4.79. The molecule has 0 bridgehead atoms. The molecule has 0 saturated carbocycles. The Hall–Kier alpha value is -1.84. The van der Waals surface area contributed by atoms with Gasteiger partial charge in [0.2, 0.25) is 5.90 Å². The summed E-state index contributed by atoms with van der Waals surface area (Å²) in [7, 11) is 0. The van der Waals surface area contributed by atoms with E-state index in [1.807, 2.05) is 0 Å². The summed E-state index contributed by atoms with van der Waals surface area (Å²) in [6.45, 7) is 1.29. The van der Waals surface area contributed by atoms with Gasteiger partial charge in [0, 0.05) is 17.1 Å². The first kappa shape index (κ1) is 8.47. The van der Waals surface area contributed by atoms with Gasteiger partial charge in [0.15, 0.2) is 0 Å². The van der Waals surface area contributed by atoms with Gasteiger partial charge in [-0.1, -0.05) is 0 Å². The van der Waals surface area contributed by atoms with Crippen molar-refractivity contribution < 1.29 is 9.13 Å². The summed E-state index contributed by atoms with van der Waals surface area (Å²) in [5.41, 5.74) is 1.73. The SMILES string of the molecule is Fc1ccc2[nH]cc(C3=NCCO3)c2c1. The van der Waals surface area contributed by atoms with Crippen LogP contribution in [0.3, 0.4) is 0 Å². The average Bonchev–Trinajstić information content (AvgIpc) is 2.83. The number of benzene rings is 1. The zero-order valence-corrected chi connectivity index (χ0v) is 7.96. The number of ether oxygens (including phenoxy) is 1. The second-order valence-electron chi connectivity index (χ2n) is 3.43. The van der Waals surface area contributed by atoms with E-state index in [-0.39, 0.29) is 5.82 Å². The van der Waals surface area contributed by atoms with E-state index in [0.717, 1.165) is 16.5 Å². The monoisotopic (exact) mass is 204 g/mol. The summed E-state index contributed by atoms with van der Waals surface area (Å²) >= 11 is 0. The number of nitrogens with zero attached hydrogens (tertiary/aromatic N) is 1. The molecule has 1 aliphatic rings. The van der Waals surface area contributed by atoms with Crippen molar-refractivity contribution in [2.24, 2.45) is 4.99 Å². The minimum absolute atomic E-state index is 0.248. The predicted molar refractivity (Wildman–Crippen MR) is 55.6 cm³/mol. The molecule has 2 heterocycles. The minimum Gasteiger partial charge on any atom is -0.475 e. The van der Waals surface area contributed by atoms with E-state index < -0.39 is 0 Å². The molecule has 0 unspecified atom stereocenters. The van der Waals surface area contributed by atoms with Gasteiger partial charge in [-0.05, 0) is 18.2 Å². The van der Waals surface area contributed by atoms with Crippen LogP contribution >= 0.6 is 0 Å². The van der Waals surface area contributed by atoms with Gasteiger partial charge in [0.25, 0.3) is 0 Å². The van der Waals surface area contributed by atoms with Crippen molar-refractivity contribution >= 4 is 16.8 Å². The molecular weight excluding hydrogens is 195 g/mol. The van der Waals surface area contributed by atoms with Crippen LogP contribution in [0.5, 0.6) is 0 Å². The molecule has 76 valence electrons. The summed E-state index contributed by atoms with van der Waals surface area (Å²) in [5, 5.41) is 0.815. The number of rotatable bonds is 1. The standard InChI is InChI=1S/C11H9FN2O/c12-7-1-2-10-8(5-7)9(6-14-10)11-13-3-4-15-11/h1-2,5-6,14H,3-4H2. The van der Waals surface area contributed by atoms with Crippen LogP contribution in [-0.4, -0.2) is 24.0 Å². The van der Waals surface area contributed by atoms with Crippen molar-refractivity contribution in [1.29, 1.82) is 0 Å². The third-order valence-corrected chi connectivity index (χ3v) is 2.46. The number of fused-ring (bicyclic) bond motifs is 1. The maximum Gasteiger partial charge on any atom is 0.218 e. The van der Waals surface area contributed by atoms with E-state index in [0.29, 0.717) is 19.0 Å². The lowest BCUT2D eigenvalue weighted by Gasteiger charge is -1.98. The maximum absolute atomic E-state index is 13.1. The van der Waals surface area contributed by atoms with Gasteiger partial charge in [-0.3, -0.25) is 0 Å². The average molecular weight is 204 g/mol. The molecule has 2 aromatic rings. The third kappa shape index (κ3) is 1.29. The molecular formula is C11H9FN2O. The van der Waals surface area contributed by atoms with E-state index in [2.05, 4.69) is 9.98 Å². The Balaban J connectivity index is 2.22. The van der Waals surface area contributed by atoms with Gasteiger partial charge in [-0.2, -0.15) is 0 Å². The number of aromatic nitrogens is 1. The normalized spacial score (nSPS) is 15.4. The largest absolute Gasteiger partial charge is 0.475 e. The molecule has 1 aromatic heterocycles. The maximum atomic E-state index is 13.1. The summed E-state index contributed by atoms with van der Waals surface area (Å²) in [4.78, 5) is 7.27. The lowest BCUT2D eigenvalue weighted by molar-refractivity contribution is 0.348. The van der Waals surface area contributed by atoms with Crippen LogP contribution in [0.2, 0.25) is 0 Å². The lowest BCUT2D eigenvalue weighted by Crippen LogP contribution is -1.99. The van der Waals surface area contributed by atoms with Crippen LogP contribution < -0.4 is 0 Å². The number of nitrogens with one attached hydrogen (secondary N) is 1. The number of halogens is 1. The van der Waals surface area contributed by atoms with Crippen molar-refractivity contribution in [3.63, 3.8) is 0 Å². The van der Waals surface area contributed by atoms with Crippen LogP contribution in [-0.2, 0) is 4.74 Å². The van der Waals surface area contributed by atoms with Crippen LogP contribution in [0.15, 0.2) is 29.4 Å². The Morgan fingerprint density at radius 2 is 2.33 bits per heavy atom. The summed E-state index contributed by atoms with van der Waals surface area (Å²) in [5.74, 6) is 0.355. The third-order valence-electron chi connectivity index (χ3n) is 2.46. The van der Waals surface area contributed by atoms with Gasteiger partial charge in [-0.25, -0.2) is 9.38 Å². The lowest BCUT2D eigenvalue weighted by atomic mass is 10.2. The van der Waals surface area contributed by atoms with Crippen molar-refractivity contribution in [2.75, 3.05) is 13.2 Å². The van der Waals surface area contributed by atoms with Crippen molar-refractivity contribution in [2.45, 2.75) is 0 Å². The molecule has 0 fully saturated rings. The highest BCUT2D eigenvalue weighted by Gasteiger charge is 2.15. The van der Waals surface area contributed by atoms with Gasteiger partial charge in [0.1, 0.15) is 12.4 Å². The second-order valence-corrected chi connectivity index (χ2v) is 3.43. The Morgan fingerprint density at radius 1 is 1.40 bits per heavy atom. The fraction of sp³-hybridized carbons (Fsp3) is 0.182. The zero-order chi connectivity index (χ0) is 10.3. The fourth-order valence-electron chi connectivity index (χ4n) is 1.77. The highest BCUT2D eigenvalue weighted by Crippen LogP contribution is 2.21. The van der Waals surface area contributed by atoms with Gasteiger partial charge in [-0.15, -0.1) is 0 Å². The molecule has 3 nitrogen and oxygen atoms in total. The van der Waals surface area contributed by atoms with Gasteiger partial charge < -0.3 is 9.72 Å². The molecule has 1 N–H and O–H groups in total. The summed E-state index contributed by atoms with van der Waals surface area (Å²) in [6.07, 6.45) is 1.80. The molecule has 1 aromatic carbocycles. The molecule has 15 heavy (non-hydrogen) atoms. The predicted octanol–water partition coefficient (Wildman–Crippen LogP) is 2.08. The molecule has 1 aliphatic heterocycles. The van der Waals surface area contributed by atoms with Crippen LogP contribution in [0.4, 0.5) is 4.39 Å². The quantitative estimate of drug-likeness (QED) is 0.758. The molecule has 0 radical (unpaired) electrons. The number of H-pyrrole nitrogens is 1. The van der Waals surface area contributed by atoms with E-state index in [1.165, 1.54) is 12.1 Å². The molecule has 0 spiro atoms. The zero-order valence-electron chi connectivity index (χ0n) is 7.96. The fourth-order valence-corrected chi connectivity index (χ4v) is 1.77. The van der Waals surface area contributed by atoms with E-state index in [4.69, 9.17) is 4.74 Å². The van der Waals surface area contributed by atoms with Crippen LogP contribution in [0, 0.1) is 5.82 Å². The van der Waals surface area contributed by atoms with Crippen molar-refractivity contribution in [1.82, 2.24) is 4.98 Å². The van der Waals surface area contributed by atoms with E-state index in [9.17, 15) is 4.39 Å². The highest BCUT2D eigenvalue weighted by atomic mass is 19.1. The van der Waals surface area contributed by atoms with Crippen LogP contribution in [0.25, 0.3) is 10.9 Å². The van der Waals surface area contributed by atoms with E-state index >= 15 is 0 Å². The van der Waals surface area contributed by atoms with E-state index in [1.54, 1.807) is 12.3 Å². The number of hydrogen-bond acceptors (Lipinski definition) is 2. The van der Waals surface area contributed by atoms with Crippen molar-refractivity contribution in [3.8, 4) is 0 Å². The first-order valence-electron chi connectivity index (χ1n) is 4.79. The molecule has 4 heteroatoms. The summed E-state index contributed by atoms with van der Waals surface area (Å²) < 4.78 is 18.4. The number of aromatic amines is 1. The Kier molecular flexibility index (Phi) is 1.74.